The van der Waals surface area contributed by atoms with E-state index in [1.165, 1.54) is 0 Å². The fraction of sp³-hybridized carbons (Fsp3) is 1.00. The number of hydrogen-bond donors (Lipinski definition) is 3. The molecule has 0 aliphatic rings. The van der Waals surface area contributed by atoms with Crippen LogP contribution >= 0.6 is 0 Å². The Morgan fingerprint density at radius 2 is 1.58 bits per heavy atom. The first-order chi connectivity index (χ1) is 5.70. The van der Waals surface area contributed by atoms with Gasteiger partial charge in [0.2, 0.25) is 0 Å². The molecular formula is C9H23N3. The smallest absolute Gasteiger partial charge is 0.0837 e. The maximum Gasteiger partial charge on any atom is 0.0837 e. The SMILES string of the molecule is CCC(NC)C(CC)(NC)NC. The van der Waals surface area contributed by atoms with Gasteiger partial charge in [-0.1, -0.05) is 13.8 Å². The second kappa shape index (κ2) is 5.51. The van der Waals surface area contributed by atoms with E-state index in [0.29, 0.717) is 6.04 Å². The molecule has 0 bridgehead atoms. The van der Waals surface area contributed by atoms with Crippen molar-refractivity contribution in [2.45, 2.75) is 38.4 Å². The molecule has 0 aliphatic heterocycles. The lowest BCUT2D eigenvalue weighted by molar-refractivity contribution is 0.201. The largest absolute Gasteiger partial charge is 0.314 e. The summed E-state index contributed by atoms with van der Waals surface area (Å²) in [5.74, 6) is 0. The minimum absolute atomic E-state index is 0.0313. The van der Waals surface area contributed by atoms with Crippen LogP contribution < -0.4 is 16.0 Å². The molecule has 0 saturated carbocycles. The third kappa shape index (κ3) is 2.19. The lowest BCUT2D eigenvalue weighted by Crippen LogP contribution is -2.65. The van der Waals surface area contributed by atoms with Gasteiger partial charge in [0, 0.05) is 6.04 Å². The Hall–Kier alpha value is -0.120. The Labute approximate surface area is 76.3 Å². The average molecular weight is 173 g/mol. The van der Waals surface area contributed by atoms with Crippen LogP contribution in [0.2, 0.25) is 0 Å². The molecule has 0 saturated heterocycles. The zero-order valence-corrected chi connectivity index (χ0v) is 8.99. The molecule has 0 heterocycles. The highest BCUT2D eigenvalue weighted by Crippen LogP contribution is 2.13. The van der Waals surface area contributed by atoms with E-state index in [0.717, 1.165) is 12.8 Å². The van der Waals surface area contributed by atoms with Crippen molar-refractivity contribution in [1.82, 2.24) is 16.0 Å². The van der Waals surface area contributed by atoms with Gasteiger partial charge < -0.3 is 16.0 Å². The highest BCUT2D eigenvalue weighted by Gasteiger charge is 2.31. The van der Waals surface area contributed by atoms with Gasteiger partial charge in [0.15, 0.2) is 0 Å². The van der Waals surface area contributed by atoms with Gasteiger partial charge in [0.25, 0.3) is 0 Å². The van der Waals surface area contributed by atoms with E-state index in [-0.39, 0.29) is 5.66 Å². The van der Waals surface area contributed by atoms with E-state index < -0.39 is 0 Å². The third-order valence-electron chi connectivity index (χ3n) is 2.80. The van der Waals surface area contributed by atoms with Crippen LogP contribution in [0.3, 0.4) is 0 Å². The Morgan fingerprint density at radius 3 is 1.67 bits per heavy atom. The Kier molecular flexibility index (Phi) is 5.46. The zero-order chi connectivity index (χ0) is 9.61. The zero-order valence-electron chi connectivity index (χ0n) is 8.99. The maximum atomic E-state index is 3.34. The number of nitrogens with one attached hydrogen (secondary N) is 3. The van der Waals surface area contributed by atoms with Crippen LogP contribution in [0, 0.1) is 0 Å². The summed E-state index contributed by atoms with van der Waals surface area (Å²) in [5.41, 5.74) is 0.0313. The first-order valence-electron chi connectivity index (χ1n) is 4.75. The lowest BCUT2D eigenvalue weighted by atomic mass is 9.95. The fourth-order valence-electron chi connectivity index (χ4n) is 1.87. The molecule has 0 spiro atoms. The highest BCUT2D eigenvalue weighted by atomic mass is 15.2. The van der Waals surface area contributed by atoms with Crippen molar-refractivity contribution in [2.75, 3.05) is 21.1 Å². The lowest BCUT2D eigenvalue weighted by Gasteiger charge is -2.39. The van der Waals surface area contributed by atoms with Gasteiger partial charge >= 0.3 is 0 Å². The molecule has 3 heteroatoms. The Balaban J connectivity index is 4.42. The van der Waals surface area contributed by atoms with E-state index in [9.17, 15) is 0 Å². The summed E-state index contributed by atoms with van der Waals surface area (Å²) >= 11 is 0. The quantitative estimate of drug-likeness (QED) is 0.513. The van der Waals surface area contributed by atoms with Gasteiger partial charge in [-0.25, -0.2) is 0 Å². The van der Waals surface area contributed by atoms with Crippen LogP contribution in [-0.4, -0.2) is 32.8 Å². The van der Waals surface area contributed by atoms with Crippen LogP contribution in [0.25, 0.3) is 0 Å². The third-order valence-corrected chi connectivity index (χ3v) is 2.80. The molecule has 0 rings (SSSR count). The minimum atomic E-state index is 0.0313. The highest BCUT2D eigenvalue weighted by molar-refractivity contribution is 4.92. The predicted octanol–water partition coefficient (Wildman–Crippen LogP) is 0.530. The summed E-state index contributed by atoms with van der Waals surface area (Å²) < 4.78 is 0. The van der Waals surface area contributed by atoms with Crippen molar-refractivity contribution in [3.8, 4) is 0 Å². The molecule has 0 fully saturated rings. The summed E-state index contributed by atoms with van der Waals surface area (Å²) in [7, 11) is 6.01. The van der Waals surface area contributed by atoms with Crippen LogP contribution in [0.15, 0.2) is 0 Å². The molecule has 0 aromatic heterocycles. The van der Waals surface area contributed by atoms with E-state index in [1.807, 2.05) is 21.1 Å². The summed E-state index contributed by atoms with van der Waals surface area (Å²) in [5, 5.41) is 10.0. The number of likely N-dealkylation sites (N-methyl/N-ethyl adjacent to an activating group) is 3. The first kappa shape index (κ1) is 11.9. The topological polar surface area (TPSA) is 36.1 Å². The monoisotopic (exact) mass is 173 g/mol. The normalized spacial score (nSPS) is 14.8. The molecule has 74 valence electrons. The van der Waals surface area contributed by atoms with Crippen LogP contribution in [0.4, 0.5) is 0 Å². The minimum Gasteiger partial charge on any atom is -0.314 e. The molecule has 1 unspecified atom stereocenters. The molecule has 3 N–H and O–H groups in total. The summed E-state index contributed by atoms with van der Waals surface area (Å²) in [6.07, 6.45) is 2.19. The van der Waals surface area contributed by atoms with Crippen molar-refractivity contribution in [2.24, 2.45) is 0 Å². The van der Waals surface area contributed by atoms with Crippen molar-refractivity contribution in [3.05, 3.63) is 0 Å². The Bertz CT molecular complexity index is 98.1. The van der Waals surface area contributed by atoms with E-state index in [1.54, 1.807) is 0 Å². The van der Waals surface area contributed by atoms with E-state index in [2.05, 4.69) is 29.8 Å². The van der Waals surface area contributed by atoms with Crippen molar-refractivity contribution in [1.29, 1.82) is 0 Å². The van der Waals surface area contributed by atoms with Gasteiger partial charge in [-0.3, -0.25) is 0 Å². The molecule has 0 aromatic rings. The van der Waals surface area contributed by atoms with Gasteiger partial charge in [-0.05, 0) is 34.0 Å². The number of hydrogen-bond acceptors (Lipinski definition) is 3. The second-order valence-electron chi connectivity index (χ2n) is 3.07. The van der Waals surface area contributed by atoms with Crippen LogP contribution in [-0.2, 0) is 0 Å². The number of rotatable bonds is 6. The van der Waals surface area contributed by atoms with Gasteiger partial charge in [-0.15, -0.1) is 0 Å². The summed E-state index contributed by atoms with van der Waals surface area (Å²) in [6.45, 7) is 4.38. The van der Waals surface area contributed by atoms with Crippen molar-refractivity contribution < 1.29 is 0 Å². The average Bonchev–Trinajstić information content (AvgIpc) is 2.14. The van der Waals surface area contributed by atoms with Crippen molar-refractivity contribution in [3.63, 3.8) is 0 Å². The molecule has 0 radical (unpaired) electrons. The molecule has 12 heavy (non-hydrogen) atoms. The molecule has 3 nitrogen and oxygen atoms in total. The second-order valence-corrected chi connectivity index (χ2v) is 3.07. The molecule has 1 atom stereocenters. The molecule has 0 aromatic carbocycles. The molecule has 0 aliphatic carbocycles. The predicted molar refractivity (Wildman–Crippen MR) is 54.3 cm³/mol. The Morgan fingerprint density at radius 1 is 1.08 bits per heavy atom. The fourth-order valence-corrected chi connectivity index (χ4v) is 1.87. The standard InChI is InChI=1S/C9H23N3/c1-6-8(10-3)9(7-2,11-4)12-5/h8,10-12H,6-7H2,1-5H3. The van der Waals surface area contributed by atoms with Crippen LogP contribution in [0.5, 0.6) is 0 Å². The maximum absolute atomic E-state index is 3.34. The summed E-state index contributed by atoms with van der Waals surface area (Å²) in [4.78, 5) is 0. The van der Waals surface area contributed by atoms with Gasteiger partial charge in [0.1, 0.15) is 0 Å². The van der Waals surface area contributed by atoms with Gasteiger partial charge in [0.05, 0.1) is 5.66 Å². The first-order valence-corrected chi connectivity index (χ1v) is 4.75. The van der Waals surface area contributed by atoms with Crippen LogP contribution in [0.1, 0.15) is 26.7 Å². The van der Waals surface area contributed by atoms with E-state index in [4.69, 9.17) is 0 Å². The van der Waals surface area contributed by atoms with E-state index >= 15 is 0 Å². The van der Waals surface area contributed by atoms with Crippen molar-refractivity contribution >= 4 is 0 Å². The van der Waals surface area contributed by atoms with Gasteiger partial charge in [-0.2, -0.15) is 0 Å². The molecular weight excluding hydrogens is 150 g/mol. The summed E-state index contributed by atoms with van der Waals surface area (Å²) in [6, 6.07) is 0.470. The molecule has 0 amide bonds.